The third-order valence-electron chi connectivity index (χ3n) is 8.07. The summed E-state index contributed by atoms with van der Waals surface area (Å²) >= 11 is 0. The first-order chi connectivity index (χ1) is 14.2. The molecular formula is C27H37NO2. The SMILES string of the molecule is CC(C)c1ccc2c(c1)CC[C@H]1[C@](C)(CNCc3ccc(O)c(O)c3)CCC[C@]21C. The molecule has 3 nitrogen and oxygen atoms in total. The summed E-state index contributed by atoms with van der Waals surface area (Å²) in [5.41, 5.74) is 6.17. The van der Waals surface area contributed by atoms with Crippen molar-refractivity contribution in [3.63, 3.8) is 0 Å². The standard InChI is InChI=1S/C27H37NO2/c1-18(2)20-7-9-22-21(15-20)8-11-25-26(3,12-5-13-27(22,25)4)17-28-16-19-6-10-23(29)24(30)14-19/h6-7,9-10,14-15,18,25,28-30H,5,8,11-13,16-17H2,1-4H3/t25-,26-,27+/m0/s1. The molecule has 30 heavy (non-hydrogen) atoms. The van der Waals surface area contributed by atoms with Crippen LogP contribution in [0.2, 0.25) is 0 Å². The molecule has 2 aliphatic carbocycles. The maximum atomic E-state index is 9.76. The van der Waals surface area contributed by atoms with Crippen molar-refractivity contribution < 1.29 is 10.2 Å². The van der Waals surface area contributed by atoms with Gasteiger partial charge in [-0.1, -0.05) is 58.4 Å². The molecule has 162 valence electrons. The predicted molar refractivity (Wildman–Crippen MR) is 123 cm³/mol. The fourth-order valence-corrected chi connectivity index (χ4v) is 6.39. The number of rotatable bonds is 5. The van der Waals surface area contributed by atoms with Crippen LogP contribution in [-0.4, -0.2) is 16.8 Å². The van der Waals surface area contributed by atoms with Crippen molar-refractivity contribution in [3.8, 4) is 11.5 Å². The minimum Gasteiger partial charge on any atom is -0.504 e. The monoisotopic (exact) mass is 407 g/mol. The number of fused-ring (bicyclic) bond motifs is 3. The van der Waals surface area contributed by atoms with Gasteiger partial charge in [0.15, 0.2) is 11.5 Å². The highest BCUT2D eigenvalue weighted by Crippen LogP contribution is 2.57. The molecule has 0 aliphatic heterocycles. The van der Waals surface area contributed by atoms with Gasteiger partial charge in [-0.15, -0.1) is 0 Å². The maximum Gasteiger partial charge on any atom is 0.157 e. The zero-order valence-electron chi connectivity index (χ0n) is 19.0. The van der Waals surface area contributed by atoms with Gasteiger partial charge in [-0.3, -0.25) is 0 Å². The minimum absolute atomic E-state index is 0.0459. The topological polar surface area (TPSA) is 52.5 Å². The molecule has 0 aromatic heterocycles. The smallest absolute Gasteiger partial charge is 0.157 e. The number of hydrogen-bond acceptors (Lipinski definition) is 3. The lowest BCUT2D eigenvalue weighted by Crippen LogP contribution is -2.52. The second-order valence-electron chi connectivity index (χ2n) is 10.5. The summed E-state index contributed by atoms with van der Waals surface area (Å²) < 4.78 is 0. The number of hydrogen-bond donors (Lipinski definition) is 3. The lowest BCUT2D eigenvalue weighted by atomic mass is 9.49. The maximum absolute atomic E-state index is 9.76. The number of nitrogens with one attached hydrogen (secondary N) is 1. The highest BCUT2D eigenvalue weighted by Gasteiger charge is 2.51. The molecule has 2 aromatic rings. The molecule has 0 bridgehead atoms. The van der Waals surface area contributed by atoms with E-state index in [1.165, 1.54) is 37.7 Å². The molecule has 2 aliphatic rings. The van der Waals surface area contributed by atoms with Gasteiger partial charge in [0.1, 0.15) is 0 Å². The average molecular weight is 408 g/mol. The van der Waals surface area contributed by atoms with E-state index < -0.39 is 0 Å². The molecule has 4 rings (SSSR count). The van der Waals surface area contributed by atoms with Crippen LogP contribution in [0.25, 0.3) is 0 Å². The third-order valence-corrected chi connectivity index (χ3v) is 8.07. The van der Waals surface area contributed by atoms with Crippen LogP contribution in [0.15, 0.2) is 36.4 Å². The van der Waals surface area contributed by atoms with Gasteiger partial charge in [-0.25, -0.2) is 0 Å². The largest absolute Gasteiger partial charge is 0.504 e. The van der Waals surface area contributed by atoms with Crippen molar-refractivity contribution in [1.29, 1.82) is 0 Å². The summed E-state index contributed by atoms with van der Waals surface area (Å²) in [6.45, 7) is 11.2. The Morgan fingerprint density at radius 3 is 2.57 bits per heavy atom. The van der Waals surface area contributed by atoms with Crippen molar-refractivity contribution in [2.75, 3.05) is 6.54 Å². The number of phenols is 2. The second kappa shape index (κ2) is 7.92. The van der Waals surface area contributed by atoms with E-state index in [1.807, 2.05) is 6.07 Å². The van der Waals surface area contributed by atoms with Crippen LogP contribution in [0.1, 0.15) is 81.5 Å². The summed E-state index contributed by atoms with van der Waals surface area (Å²) in [7, 11) is 0. The fourth-order valence-electron chi connectivity index (χ4n) is 6.39. The van der Waals surface area contributed by atoms with Gasteiger partial charge in [0.25, 0.3) is 0 Å². The van der Waals surface area contributed by atoms with E-state index in [1.54, 1.807) is 23.3 Å². The lowest BCUT2D eigenvalue weighted by Gasteiger charge is -2.55. The average Bonchev–Trinajstić information content (AvgIpc) is 2.70. The van der Waals surface area contributed by atoms with Crippen LogP contribution in [0, 0.1) is 11.3 Å². The van der Waals surface area contributed by atoms with Crippen LogP contribution in [0.4, 0.5) is 0 Å². The Kier molecular flexibility index (Phi) is 5.61. The van der Waals surface area contributed by atoms with Gasteiger partial charge >= 0.3 is 0 Å². The number of phenolic OH excluding ortho intramolecular Hbond substituents is 2. The number of aromatic hydroxyl groups is 2. The lowest BCUT2D eigenvalue weighted by molar-refractivity contribution is 0.0257. The Bertz CT molecular complexity index is 921. The van der Waals surface area contributed by atoms with Crippen molar-refractivity contribution in [1.82, 2.24) is 5.32 Å². The Balaban J connectivity index is 1.52. The zero-order chi connectivity index (χ0) is 21.5. The van der Waals surface area contributed by atoms with Gasteiger partial charge in [-0.2, -0.15) is 0 Å². The van der Waals surface area contributed by atoms with Crippen molar-refractivity contribution in [2.24, 2.45) is 11.3 Å². The van der Waals surface area contributed by atoms with Crippen LogP contribution in [-0.2, 0) is 18.4 Å². The number of benzene rings is 2. The van der Waals surface area contributed by atoms with Gasteiger partial charge in [0.05, 0.1) is 0 Å². The first-order valence-corrected chi connectivity index (χ1v) is 11.6. The Morgan fingerprint density at radius 2 is 1.83 bits per heavy atom. The zero-order valence-corrected chi connectivity index (χ0v) is 19.0. The summed E-state index contributed by atoms with van der Waals surface area (Å²) in [6.07, 6.45) is 6.28. The van der Waals surface area contributed by atoms with E-state index in [4.69, 9.17) is 0 Å². The molecule has 0 amide bonds. The van der Waals surface area contributed by atoms with Crippen molar-refractivity contribution in [3.05, 3.63) is 58.7 Å². The van der Waals surface area contributed by atoms with Crippen LogP contribution >= 0.6 is 0 Å². The van der Waals surface area contributed by atoms with Gasteiger partial charge < -0.3 is 15.5 Å². The van der Waals surface area contributed by atoms with E-state index in [0.29, 0.717) is 18.4 Å². The van der Waals surface area contributed by atoms with E-state index in [9.17, 15) is 10.2 Å². The van der Waals surface area contributed by atoms with Gasteiger partial charge in [0.2, 0.25) is 0 Å². The minimum atomic E-state index is -0.0599. The Hall–Kier alpha value is -2.00. The summed E-state index contributed by atoms with van der Waals surface area (Å²) in [4.78, 5) is 0. The molecule has 1 saturated carbocycles. The highest BCUT2D eigenvalue weighted by atomic mass is 16.3. The Morgan fingerprint density at radius 1 is 1.03 bits per heavy atom. The van der Waals surface area contributed by atoms with E-state index in [0.717, 1.165) is 12.1 Å². The summed E-state index contributed by atoms with van der Waals surface area (Å²) in [5.74, 6) is 1.16. The normalized spacial score (nSPS) is 28.2. The molecule has 3 N–H and O–H groups in total. The summed E-state index contributed by atoms with van der Waals surface area (Å²) in [6, 6.07) is 12.4. The molecule has 1 fully saturated rings. The molecule has 0 unspecified atom stereocenters. The highest BCUT2D eigenvalue weighted by molar-refractivity contribution is 5.42. The molecule has 2 aromatic carbocycles. The van der Waals surface area contributed by atoms with Crippen LogP contribution in [0.5, 0.6) is 11.5 Å². The Labute approximate surface area is 181 Å². The van der Waals surface area contributed by atoms with Crippen LogP contribution in [0.3, 0.4) is 0 Å². The number of aryl methyl sites for hydroxylation is 1. The van der Waals surface area contributed by atoms with E-state index >= 15 is 0 Å². The van der Waals surface area contributed by atoms with Gasteiger partial charge in [0, 0.05) is 13.1 Å². The van der Waals surface area contributed by atoms with Crippen LogP contribution < -0.4 is 5.32 Å². The third kappa shape index (κ3) is 3.73. The molecule has 0 saturated heterocycles. The summed E-state index contributed by atoms with van der Waals surface area (Å²) in [5, 5.41) is 22.9. The first-order valence-electron chi connectivity index (χ1n) is 11.6. The van der Waals surface area contributed by atoms with Crippen molar-refractivity contribution >= 4 is 0 Å². The molecule has 0 heterocycles. The first kappa shape index (κ1) is 21.2. The predicted octanol–water partition coefficient (Wildman–Crippen LogP) is 6.02. The van der Waals surface area contributed by atoms with E-state index in [-0.39, 0.29) is 22.3 Å². The molecular weight excluding hydrogens is 370 g/mol. The quantitative estimate of drug-likeness (QED) is 0.531. The second-order valence-corrected chi connectivity index (χ2v) is 10.5. The fraction of sp³-hybridized carbons (Fsp3) is 0.556. The molecule has 3 atom stereocenters. The molecule has 0 spiro atoms. The molecule has 3 heteroatoms. The van der Waals surface area contributed by atoms with E-state index in [2.05, 4.69) is 51.2 Å². The van der Waals surface area contributed by atoms with Gasteiger partial charge in [-0.05, 0) is 82.7 Å². The van der Waals surface area contributed by atoms with Crippen molar-refractivity contribution in [2.45, 2.75) is 77.7 Å². The molecule has 0 radical (unpaired) electrons.